The Hall–Kier alpha value is -0.960. The molecule has 10 heteroatoms. The molecule has 0 spiro atoms. The smallest absolute Gasteiger partial charge is 0.211 e. The van der Waals surface area contributed by atoms with Crippen LogP contribution in [0.25, 0.3) is 0 Å². The van der Waals surface area contributed by atoms with Gasteiger partial charge in [-0.1, -0.05) is 12.1 Å². The van der Waals surface area contributed by atoms with Crippen LogP contribution in [0.4, 0.5) is 26.3 Å². The molecule has 0 heterocycles. The molecule has 1 aromatic rings. The third-order valence-electron chi connectivity index (χ3n) is 2.12. The Morgan fingerprint density at radius 1 is 0.947 bits per heavy atom. The van der Waals surface area contributed by atoms with Crippen LogP contribution in [0.1, 0.15) is 16.4 Å². The van der Waals surface area contributed by atoms with Crippen molar-refractivity contribution in [1.29, 1.82) is 0 Å². The lowest BCUT2D eigenvalue weighted by Gasteiger charge is -2.18. The molecule has 0 saturated heterocycles. The summed E-state index contributed by atoms with van der Waals surface area (Å²) in [4.78, 5) is 0. The first-order valence-electron chi connectivity index (χ1n) is 4.51. The van der Waals surface area contributed by atoms with E-state index in [4.69, 9.17) is 0 Å². The molecule has 0 aromatic heterocycles. The fourth-order valence-electron chi connectivity index (χ4n) is 1.36. The normalized spacial score (nSPS) is 15.3. The first-order valence-corrected chi connectivity index (χ1v) is 6.88. The molecule has 0 bridgehead atoms. The van der Waals surface area contributed by atoms with Crippen LogP contribution < -0.4 is 0 Å². The van der Waals surface area contributed by atoms with Crippen molar-refractivity contribution in [1.82, 2.24) is 0 Å². The van der Waals surface area contributed by atoms with E-state index < -0.39 is 37.8 Å². The Labute approximate surface area is 108 Å². The van der Waals surface area contributed by atoms with Crippen molar-refractivity contribution < 1.29 is 34.8 Å². The molecule has 0 saturated carbocycles. The zero-order valence-electron chi connectivity index (χ0n) is 8.76. The summed E-state index contributed by atoms with van der Waals surface area (Å²) in [6.07, 6.45) is -9.95. The van der Waals surface area contributed by atoms with Crippen LogP contribution in [0.2, 0.25) is 0 Å². The number of halogens is 7. The summed E-state index contributed by atoms with van der Waals surface area (Å²) in [5, 5.41) is -3.07. The van der Waals surface area contributed by atoms with Gasteiger partial charge >= 0.3 is 12.4 Å². The van der Waals surface area contributed by atoms with E-state index in [-0.39, 0.29) is 0 Å². The van der Waals surface area contributed by atoms with E-state index in [2.05, 4.69) is 10.7 Å². The van der Waals surface area contributed by atoms with Crippen LogP contribution in [0.5, 0.6) is 0 Å². The zero-order chi connectivity index (χ0) is 15.1. The Morgan fingerprint density at radius 2 is 1.37 bits per heavy atom. The Bertz CT molecular complexity index is 546. The SMILES string of the molecule is O=S(=O)(Cl)C(c1ccc(C(F)(F)F)cc1)C(F)(F)F. The second-order valence-corrected chi connectivity index (χ2v) is 6.23. The number of benzene rings is 1. The molecule has 0 N–H and O–H groups in total. The largest absolute Gasteiger partial charge is 0.416 e. The topological polar surface area (TPSA) is 34.1 Å². The zero-order valence-corrected chi connectivity index (χ0v) is 10.3. The standard InChI is InChI=1S/C9H5ClF6O2S/c10-19(17,18)7(9(14,15)16)5-1-3-6(4-2-5)8(11,12)13/h1-4,7H. The Kier molecular flexibility index (Phi) is 4.12. The summed E-state index contributed by atoms with van der Waals surface area (Å²) in [5.41, 5.74) is -2.07. The molecule has 0 aliphatic carbocycles. The summed E-state index contributed by atoms with van der Waals surface area (Å²) in [6, 6.07) is 1.58. The molecule has 0 aliphatic heterocycles. The van der Waals surface area contributed by atoms with Gasteiger partial charge in [0.1, 0.15) is 0 Å². The van der Waals surface area contributed by atoms with Gasteiger partial charge in [-0.25, -0.2) is 8.42 Å². The summed E-state index contributed by atoms with van der Waals surface area (Å²) in [7, 11) is -0.380. The molecular weight excluding hydrogens is 322 g/mol. The highest BCUT2D eigenvalue weighted by atomic mass is 35.7. The van der Waals surface area contributed by atoms with Gasteiger partial charge in [0, 0.05) is 10.7 Å². The van der Waals surface area contributed by atoms with Gasteiger partial charge < -0.3 is 0 Å². The first-order chi connectivity index (χ1) is 8.33. The molecule has 2 nitrogen and oxygen atoms in total. The maximum Gasteiger partial charge on any atom is 0.416 e. The van der Waals surface area contributed by atoms with Gasteiger partial charge in [-0.05, 0) is 17.7 Å². The van der Waals surface area contributed by atoms with E-state index in [0.717, 1.165) is 0 Å². The minimum absolute atomic E-state index is 0.357. The Balaban J connectivity index is 3.28. The van der Waals surface area contributed by atoms with E-state index in [1.165, 1.54) is 0 Å². The van der Waals surface area contributed by atoms with Crippen LogP contribution in [0, 0.1) is 0 Å². The fourth-order valence-corrected chi connectivity index (χ4v) is 2.77. The molecule has 1 aromatic carbocycles. The lowest BCUT2D eigenvalue weighted by atomic mass is 10.1. The average Bonchev–Trinajstić information content (AvgIpc) is 2.12. The van der Waals surface area contributed by atoms with Crippen molar-refractivity contribution in [3.05, 3.63) is 35.4 Å². The van der Waals surface area contributed by atoms with Gasteiger partial charge in [0.2, 0.25) is 9.05 Å². The highest BCUT2D eigenvalue weighted by molar-refractivity contribution is 8.14. The molecule has 1 atom stereocenters. The van der Waals surface area contributed by atoms with E-state index in [9.17, 15) is 34.8 Å². The van der Waals surface area contributed by atoms with Crippen LogP contribution in [-0.2, 0) is 15.2 Å². The minimum atomic E-state index is -5.22. The van der Waals surface area contributed by atoms with E-state index in [0.29, 0.717) is 24.3 Å². The summed E-state index contributed by atoms with van der Waals surface area (Å²) in [5.74, 6) is 0. The van der Waals surface area contributed by atoms with Crippen molar-refractivity contribution in [3.63, 3.8) is 0 Å². The lowest BCUT2D eigenvalue weighted by Crippen LogP contribution is -2.25. The number of alkyl halides is 6. The van der Waals surface area contributed by atoms with Crippen LogP contribution in [0.3, 0.4) is 0 Å². The number of hydrogen-bond acceptors (Lipinski definition) is 2. The fraction of sp³-hybridized carbons (Fsp3) is 0.333. The lowest BCUT2D eigenvalue weighted by molar-refractivity contribution is -0.137. The molecule has 1 rings (SSSR count). The number of rotatable bonds is 2. The summed E-state index contributed by atoms with van der Waals surface area (Å²) >= 11 is 0. The second-order valence-electron chi connectivity index (χ2n) is 3.52. The molecule has 0 radical (unpaired) electrons. The quantitative estimate of drug-likeness (QED) is 0.610. The number of hydrogen-bond donors (Lipinski definition) is 0. The van der Waals surface area contributed by atoms with Crippen molar-refractivity contribution in [3.8, 4) is 0 Å². The average molecular weight is 327 g/mol. The van der Waals surface area contributed by atoms with Gasteiger partial charge in [0.15, 0.2) is 5.25 Å². The summed E-state index contributed by atoms with van der Waals surface area (Å²) < 4.78 is 96.1. The Morgan fingerprint density at radius 3 is 1.63 bits per heavy atom. The van der Waals surface area contributed by atoms with Gasteiger partial charge in [-0.15, -0.1) is 0 Å². The van der Waals surface area contributed by atoms with Crippen molar-refractivity contribution in [2.75, 3.05) is 0 Å². The van der Waals surface area contributed by atoms with Gasteiger partial charge in [-0.3, -0.25) is 0 Å². The summed E-state index contributed by atoms with van der Waals surface area (Å²) in [6.45, 7) is 0. The highest BCUT2D eigenvalue weighted by Gasteiger charge is 2.49. The van der Waals surface area contributed by atoms with Crippen molar-refractivity contribution in [2.45, 2.75) is 17.6 Å². The van der Waals surface area contributed by atoms with Crippen molar-refractivity contribution in [2.24, 2.45) is 0 Å². The van der Waals surface area contributed by atoms with E-state index in [1.54, 1.807) is 0 Å². The second kappa shape index (κ2) is 4.86. The molecular formula is C9H5ClF6O2S. The molecule has 0 aliphatic rings. The van der Waals surface area contributed by atoms with Crippen LogP contribution in [0.15, 0.2) is 24.3 Å². The van der Waals surface area contributed by atoms with Gasteiger partial charge in [-0.2, -0.15) is 26.3 Å². The molecule has 1 unspecified atom stereocenters. The van der Waals surface area contributed by atoms with Crippen LogP contribution >= 0.6 is 10.7 Å². The van der Waals surface area contributed by atoms with E-state index in [1.807, 2.05) is 0 Å². The minimum Gasteiger partial charge on any atom is -0.211 e. The third-order valence-corrected chi connectivity index (χ3v) is 3.76. The van der Waals surface area contributed by atoms with E-state index >= 15 is 0 Å². The first kappa shape index (κ1) is 16.1. The maximum atomic E-state index is 12.6. The maximum absolute atomic E-state index is 12.6. The van der Waals surface area contributed by atoms with Crippen LogP contribution in [-0.4, -0.2) is 14.6 Å². The molecule has 108 valence electrons. The predicted molar refractivity (Wildman–Crippen MR) is 55.0 cm³/mol. The monoisotopic (exact) mass is 326 g/mol. The van der Waals surface area contributed by atoms with Crippen molar-refractivity contribution >= 4 is 19.7 Å². The molecule has 19 heavy (non-hydrogen) atoms. The van der Waals surface area contributed by atoms with Gasteiger partial charge in [0.25, 0.3) is 0 Å². The van der Waals surface area contributed by atoms with Gasteiger partial charge in [0.05, 0.1) is 5.56 Å². The third kappa shape index (κ3) is 4.00. The predicted octanol–water partition coefficient (Wildman–Crippen LogP) is 3.88. The molecule has 0 amide bonds. The highest BCUT2D eigenvalue weighted by Crippen LogP contribution is 2.41. The molecule has 0 fully saturated rings.